The standard InChI is InChI=1S/2C4H9.CH4.Fe.H3O3P.Sn/c2*1-3-4-2;;;1-4(2)3;/h2*1,3-4H2,2H3;1H4;;4H,(H2,1,2,3);. The van der Waals surface area contributed by atoms with Gasteiger partial charge in [-0.1, -0.05) is 7.43 Å². The SMILES string of the molecule is C.CCC[CH2][Sn][CH2]CCC.O=[PH](O)O.[Fe]. The van der Waals surface area contributed by atoms with Crippen LogP contribution in [0.1, 0.15) is 47.0 Å². The van der Waals surface area contributed by atoms with E-state index in [9.17, 15) is 0 Å². The summed E-state index contributed by atoms with van der Waals surface area (Å²) >= 11 is 0.149. The van der Waals surface area contributed by atoms with Crippen LogP contribution in [-0.4, -0.2) is 30.9 Å². The van der Waals surface area contributed by atoms with Crippen molar-refractivity contribution in [3.05, 3.63) is 0 Å². The summed E-state index contributed by atoms with van der Waals surface area (Å²) in [5.41, 5.74) is 0. The Morgan fingerprint density at radius 3 is 1.53 bits per heavy atom. The molecule has 0 amide bonds. The number of hydrogen-bond donors (Lipinski definition) is 2. The van der Waals surface area contributed by atoms with E-state index in [1.807, 2.05) is 0 Å². The maximum atomic E-state index is 8.74. The predicted octanol–water partition coefficient (Wildman–Crippen LogP) is 3.12. The van der Waals surface area contributed by atoms with Crippen LogP contribution >= 0.6 is 8.25 Å². The van der Waals surface area contributed by atoms with Gasteiger partial charge in [0, 0.05) is 17.1 Å². The fourth-order valence-corrected chi connectivity index (χ4v) is 4.89. The molecule has 0 bridgehead atoms. The molecule has 15 heavy (non-hydrogen) atoms. The minimum absolute atomic E-state index is 0. The van der Waals surface area contributed by atoms with Crippen LogP contribution in [0.5, 0.6) is 0 Å². The van der Waals surface area contributed by atoms with E-state index in [0.717, 1.165) is 0 Å². The van der Waals surface area contributed by atoms with Crippen LogP contribution in [0, 0.1) is 0 Å². The number of rotatable bonds is 6. The Balaban J connectivity index is -0.0000000883. The zero-order valence-corrected chi connectivity index (χ0v) is 13.9. The van der Waals surface area contributed by atoms with E-state index in [4.69, 9.17) is 14.4 Å². The molecule has 0 saturated carbocycles. The average molecular weight is 387 g/mol. The van der Waals surface area contributed by atoms with Crippen LogP contribution in [0.3, 0.4) is 0 Å². The van der Waals surface area contributed by atoms with Crippen molar-refractivity contribution in [3.63, 3.8) is 0 Å². The third-order valence-corrected chi connectivity index (χ3v) is 5.45. The number of hydrogen-bond acceptors (Lipinski definition) is 1. The summed E-state index contributed by atoms with van der Waals surface area (Å²) in [5.74, 6) is 0. The quantitative estimate of drug-likeness (QED) is 0.419. The Morgan fingerprint density at radius 1 is 1.07 bits per heavy atom. The molecule has 3 nitrogen and oxygen atoms in total. The van der Waals surface area contributed by atoms with Gasteiger partial charge >= 0.3 is 77.8 Å². The molecule has 0 atom stereocenters. The smallest absolute Gasteiger partial charge is 0.314 e. The molecular weight excluding hydrogens is 362 g/mol. The topological polar surface area (TPSA) is 57.5 Å². The van der Waals surface area contributed by atoms with Gasteiger partial charge in [0.1, 0.15) is 0 Å². The molecular formula is C9H25FeO3PSn. The van der Waals surface area contributed by atoms with Crippen LogP contribution in [-0.2, 0) is 21.6 Å². The van der Waals surface area contributed by atoms with Crippen molar-refractivity contribution in [2.75, 3.05) is 0 Å². The Bertz CT molecular complexity index is 108. The molecule has 0 fully saturated rings. The Morgan fingerprint density at radius 2 is 1.33 bits per heavy atom. The molecule has 6 heteroatoms. The van der Waals surface area contributed by atoms with Gasteiger partial charge in [-0.3, -0.25) is 4.57 Å². The summed E-state index contributed by atoms with van der Waals surface area (Å²) in [5, 5.41) is 0. The average Bonchev–Trinajstić information content (AvgIpc) is 2.03. The van der Waals surface area contributed by atoms with E-state index in [2.05, 4.69) is 13.8 Å². The molecule has 0 aromatic rings. The fraction of sp³-hybridized carbons (Fsp3) is 1.00. The van der Waals surface area contributed by atoms with E-state index in [1.165, 1.54) is 25.7 Å². The molecule has 0 aromatic carbocycles. The molecule has 0 rings (SSSR count). The second-order valence-corrected chi connectivity index (χ2v) is 7.59. The van der Waals surface area contributed by atoms with Crippen molar-refractivity contribution in [1.82, 2.24) is 0 Å². The third kappa shape index (κ3) is 50.3. The molecule has 0 aromatic heterocycles. The van der Waals surface area contributed by atoms with Gasteiger partial charge in [0.05, 0.1) is 0 Å². The van der Waals surface area contributed by atoms with Crippen LogP contribution < -0.4 is 0 Å². The second-order valence-electron chi connectivity index (χ2n) is 2.74. The Labute approximate surface area is 116 Å². The predicted molar refractivity (Wildman–Crippen MR) is 65.4 cm³/mol. The zero-order chi connectivity index (χ0) is 10.5. The molecule has 2 N–H and O–H groups in total. The van der Waals surface area contributed by atoms with Crippen molar-refractivity contribution in [2.45, 2.75) is 55.8 Å². The van der Waals surface area contributed by atoms with Gasteiger partial charge in [-0.05, 0) is 0 Å². The fourth-order valence-electron chi connectivity index (χ4n) is 0.729. The van der Waals surface area contributed by atoms with Crippen molar-refractivity contribution < 1.29 is 31.4 Å². The first-order chi connectivity index (χ1) is 6.15. The van der Waals surface area contributed by atoms with Gasteiger partial charge in [-0.2, -0.15) is 0 Å². The van der Waals surface area contributed by atoms with Crippen LogP contribution in [0.4, 0.5) is 0 Å². The first-order valence-electron chi connectivity index (χ1n) is 4.77. The summed E-state index contributed by atoms with van der Waals surface area (Å²) in [7, 11) is -3.13. The largest absolute Gasteiger partial charge is 0.326 e. The Hall–Kier alpha value is 1.47. The van der Waals surface area contributed by atoms with Crippen molar-refractivity contribution >= 4 is 29.4 Å². The summed E-state index contributed by atoms with van der Waals surface area (Å²) in [6, 6.07) is 0. The first-order valence-corrected chi connectivity index (χ1v) is 10.1. The molecule has 0 spiro atoms. The molecule has 2 radical (unpaired) electrons. The van der Waals surface area contributed by atoms with E-state index in [0.29, 0.717) is 0 Å². The van der Waals surface area contributed by atoms with Gasteiger partial charge in [-0.15, -0.1) is 0 Å². The minimum atomic E-state index is -3.13. The maximum absolute atomic E-state index is 8.74. The number of unbranched alkanes of at least 4 members (excludes halogenated alkanes) is 2. The third-order valence-electron chi connectivity index (χ3n) is 1.41. The molecule has 0 aliphatic rings. The molecule has 0 aliphatic carbocycles. The van der Waals surface area contributed by atoms with Crippen LogP contribution in [0.25, 0.3) is 0 Å². The van der Waals surface area contributed by atoms with E-state index < -0.39 is 8.25 Å². The maximum Gasteiger partial charge on any atom is 0.314 e. The molecule has 0 unspecified atom stereocenters. The summed E-state index contributed by atoms with van der Waals surface area (Å²) in [4.78, 5) is 14.3. The van der Waals surface area contributed by atoms with Gasteiger partial charge in [-0.25, -0.2) is 0 Å². The minimum Gasteiger partial charge on any atom is -0.326 e. The van der Waals surface area contributed by atoms with Crippen LogP contribution in [0.2, 0.25) is 8.87 Å². The zero-order valence-electron chi connectivity index (χ0n) is 8.90. The normalized spacial score (nSPS) is 8.33. The summed E-state index contributed by atoms with van der Waals surface area (Å²) in [6.45, 7) is 4.58. The van der Waals surface area contributed by atoms with Gasteiger partial charge in [0.15, 0.2) is 0 Å². The van der Waals surface area contributed by atoms with Gasteiger partial charge < -0.3 is 9.79 Å². The summed E-state index contributed by atoms with van der Waals surface area (Å²) < 4.78 is 12.0. The Kier molecular flexibility index (Phi) is 41.6. The van der Waals surface area contributed by atoms with Crippen molar-refractivity contribution in [2.24, 2.45) is 0 Å². The van der Waals surface area contributed by atoms with E-state index in [1.54, 1.807) is 8.87 Å². The van der Waals surface area contributed by atoms with Crippen molar-refractivity contribution in [1.29, 1.82) is 0 Å². The summed E-state index contributed by atoms with van der Waals surface area (Å²) in [6.07, 6.45) is 5.84. The van der Waals surface area contributed by atoms with Crippen LogP contribution in [0.15, 0.2) is 0 Å². The molecule has 0 saturated heterocycles. The molecule has 0 aliphatic heterocycles. The van der Waals surface area contributed by atoms with Crippen molar-refractivity contribution in [3.8, 4) is 0 Å². The first kappa shape index (κ1) is 25.3. The van der Waals surface area contributed by atoms with Gasteiger partial charge in [0.25, 0.3) is 0 Å². The molecule has 0 heterocycles. The van der Waals surface area contributed by atoms with Gasteiger partial charge in [0.2, 0.25) is 0 Å². The second kappa shape index (κ2) is 24.6. The van der Waals surface area contributed by atoms with E-state index in [-0.39, 0.29) is 45.6 Å². The molecule has 96 valence electrons. The monoisotopic (exact) mass is 388 g/mol. The van der Waals surface area contributed by atoms with E-state index >= 15 is 0 Å².